The number of likely N-dealkylation sites (N-methyl/N-ethyl adjacent to an activating group) is 1. The molecule has 31 heavy (non-hydrogen) atoms. The van der Waals surface area contributed by atoms with Crippen LogP contribution in [0.25, 0.3) is 0 Å². The van der Waals surface area contributed by atoms with E-state index in [1.807, 2.05) is 6.20 Å². The van der Waals surface area contributed by atoms with Gasteiger partial charge in [0.05, 0.1) is 11.7 Å². The summed E-state index contributed by atoms with van der Waals surface area (Å²) in [5.41, 5.74) is 6.91. The van der Waals surface area contributed by atoms with Crippen LogP contribution in [0.2, 0.25) is 0 Å². The van der Waals surface area contributed by atoms with Gasteiger partial charge in [-0.1, -0.05) is 18.2 Å². The third kappa shape index (κ3) is 4.38. The third-order valence-electron chi connectivity index (χ3n) is 7.29. The molecule has 5 nitrogen and oxygen atoms in total. The Morgan fingerprint density at radius 1 is 1.23 bits per heavy atom. The van der Waals surface area contributed by atoms with Crippen molar-refractivity contribution < 1.29 is 4.21 Å². The van der Waals surface area contributed by atoms with Crippen LogP contribution >= 0.6 is 0 Å². The zero-order valence-corrected chi connectivity index (χ0v) is 19.4. The Balaban J connectivity index is 1.31. The molecule has 0 unspecified atom stereocenters. The van der Waals surface area contributed by atoms with Gasteiger partial charge in [-0.25, -0.2) is 0 Å². The Bertz CT molecular complexity index is 1040. The molecule has 0 spiro atoms. The lowest BCUT2D eigenvalue weighted by Gasteiger charge is -2.38. The molecule has 5 rings (SSSR count). The summed E-state index contributed by atoms with van der Waals surface area (Å²) in [5, 5.41) is 3.78. The zero-order chi connectivity index (χ0) is 21.4. The van der Waals surface area contributed by atoms with Gasteiger partial charge in [0.15, 0.2) is 0 Å². The van der Waals surface area contributed by atoms with Crippen LogP contribution in [0.3, 0.4) is 0 Å². The number of fused-ring (bicyclic) bond motifs is 2. The number of anilines is 1. The molecular weight excluding hydrogens is 404 g/mol. The SMILES string of the molecule is C=S1(=O)CCN(c2cccc3c2C[C@@H](CN(C)[C@H]2CCCc4cccnc42)NC3)CC1. The summed E-state index contributed by atoms with van der Waals surface area (Å²) in [4.78, 5) is 9.68. The molecular formula is C25H34N4OS. The Hall–Kier alpha value is -1.89. The smallest absolute Gasteiger partial charge is 0.0607 e. The number of hydrogen-bond acceptors (Lipinski definition) is 5. The third-order valence-corrected chi connectivity index (χ3v) is 9.15. The minimum absolute atomic E-state index is 0.413. The highest BCUT2D eigenvalue weighted by atomic mass is 32.2. The fourth-order valence-electron chi connectivity index (χ4n) is 5.52. The normalized spacial score (nSPS) is 25.2. The van der Waals surface area contributed by atoms with Gasteiger partial charge < -0.3 is 10.2 Å². The highest BCUT2D eigenvalue weighted by molar-refractivity contribution is 8.00. The number of rotatable bonds is 4. The van der Waals surface area contributed by atoms with Crippen molar-refractivity contribution >= 4 is 21.1 Å². The molecule has 1 saturated heterocycles. The molecule has 2 aliphatic heterocycles. The van der Waals surface area contributed by atoms with Gasteiger partial charge in [0.25, 0.3) is 0 Å². The number of aromatic nitrogens is 1. The standard InChI is InChI=1S/C25H34N4OS/c1-28(24-10-3-6-19-8-5-11-26-25(19)24)18-21-16-22-20(17-27-21)7-4-9-23(22)29-12-14-31(2,30)15-13-29/h4-5,7-9,11,21,24,27H,2-3,6,10,12-18H2,1H3/t21-,24-/m0/s1. The van der Waals surface area contributed by atoms with Crippen LogP contribution in [-0.2, 0) is 28.9 Å². The highest BCUT2D eigenvalue weighted by Gasteiger charge is 2.29. The molecule has 166 valence electrons. The van der Waals surface area contributed by atoms with E-state index >= 15 is 0 Å². The van der Waals surface area contributed by atoms with Gasteiger partial charge in [0.1, 0.15) is 0 Å². The van der Waals surface area contributed by atoms with Crippen molar-refractivity contribution in [1.82, 2.24) is 15.2 Å². The average molecular weight is 439 g/mol. The second-order valence-electron chi connectivity index (χ2n) is 9.45. The van der Waals surface area contributed by atoms with E-state index in [1.165, 1.54) is 40.9 Å². The first kappa shape index (κ1) is 21.0. The van der Waals surface area contributed by atoms with Gasteiger partial charge in [0.2, 0.25) is 0 Å². The number of hydrogen-bond donors (Lipinski definition) is 1. The van der Waals surface area contributed by atoms with Crippen LogP contribution in [0.5, 0.6) is 0 Å². The van der Waals surface area contributed by atoms with Crippen molar-refractivity contribution in [3.05, 3.63) is 58.9 Å². The lowest BCUT2D eigenvalue weighted by atomic mass is 9.89. The van der Waals surface area contributed by atoms with Gasteiger partial charge in [-0.2, -0.15) is 0 Å². The molecule has 6 heteroatoms. The summed E-state index contributed by atoms with van der Waals surface area (Å²) in [6.07, 6.45) is 6.56. The Morgan fingerprint density at radius 3 is 2.87 bits per heavy atom. The van der Waals surface area contributed by atoms with Gasteiger partial charge in [0, 0.05) is 55.6 Å². The maximum absolute atomic E-state index is 12.3. The lowest BCUT2D eigenvalue weighted by molar-refractivity contribution is 0.191. The summed E-state index contributed by atoms with van der Waals surface area (Å²) in [6.45, 7) is 3.63. The van der Waals surface area contributed by atoms with Crippen molar-refractivity contribution in [3.8, 4) is 0 Å². The number of benzene rings is 1. The first-order chi connectivity index (χ1) is 15.0. The van der Waals surface area contributed by atoms with Gasteiger partial charge in [-0.15, -0.1) is 0 Å². The minimum atomic E-state index is -1.88. The fourth-order valence-corrected chi connectivity index (χ4v) is 6.83. The molecule has 0 saturated carbocycles. The van der Waals surface area contributed by atoms with E-state index in [9.17, 15) is 4.21 Å². The summed E-state index contributed by atoms with van der Waals surface area (Å²) in [5.74, 6) is 5.34. The van der Waals surface area contributed by atoms with Crippen LogP contribution in [0.1, 0.15) is 41.3 Å². The largest absolute Gasteiger partial charge is 0.370 e. The van der Waals surface area contributed by atoms with E-state index in [0.29, 0.717) is 23.6 Å². The fraction of sp³-hybridized carbons (Fsp3) is 0.520. The van der Waals surface area contributed by atoms with Gasteiger partial charge >= 0.3 is 0 Å². The van der Waals surface area contributed by atoms with E-state index in [4.69, 9.17) is 4.98 Å². The lowest BCUT2D eigenvalue weighted by Crippen LogP contribution is -2.46. The van der Waals surface area contributed by atoms with Crippen LogP contribution in [0.15, 0.2) is 36.5 Å². The van der Waals surface area contributed by atoms with Crippen LogP contribution in [0.4, 0.5) is 5.69 Å². The monoisotopic (exact) mass is 438 g/mol. The van der Waals surface area contributed by atoms with Crippen LogP contribution < -0.4 is 10.2 Å². The molecule has 1 aromatic heterocycles. The molecule has 0 bridgehead atoms. The maximum Gasteiger partial charge on any atom is 0.0607 e. The van der Waals surface area contributed by atoms with Gasteiger partial charge in [-0.05, 0) is 76.9 Å². The van der Waals surface area contributed by atoms with Crippen molar-refractivity contribution in [3.63, 3.8) is 0 Å². The Kier molecular flexibility index (Phi) is 5.80. The Morgan fingerprint density at radius 2 is 2.03 bits per heavy atom. The molecule has 0 radical (unpaired) electrons. The second-order valence-corrected chi connectivity index (χ2v) is 12.2. The topological polar surface area (TPSA) is 48.5 Å². The predicted molar refractivity (Wildman–Crippen MR) is 131 cm³/mol. The summed E-state index contributed by atoms with van der Waals surface area (Å²) in [7, 11) is 0.382. The second kappa shape index (κ2) is 8.57. The molecule has 1 aromatic carbocycles. The van der Waals surface area contributed by atoms with Crippen LogP contribution in [0, 0.1) is 0 Å². The molecule has 2 atom stereocenters. The van der Waals surface area contributed by atoms with E-state index in [2.05, 4.69) is 58.4 Å². The van der Waals surface area contributed by atoms with Crippen molar-refractivity contribution in [2.75, 3.05) is 43.1 Å². The molecule has 1 N–H and O–H groups in total. The van der Waals surface area contributed by atoms with E-state index < -0.39 is 9.52 Å². The molecule has 3 aliphatic rings. The summed E-state index contributed by atoms with van der Waals surface area (Å²) >= 11 is 0. The van der Waals surface area contributed by atoms with Crippen molar-refractivity contribution in [1.29, 1.82) is 0 Å². The van der Waals surface area contributed by atoms with Gasteiger partial charge in [-0.3, -0.25) is 14.1 Å². The molecule has 0 amide bonds. The van der Waals surface area contributed by atoms with Crippen molar-refractivity contribution in [2.24, 2.45) is 0 Å². The van der Waals surface area contributed by atoms with Crippen LogP contribution in [-0.4, -0.2) is 64.2 Å². The number of nitrogens with one attached hydrogen (secondary N) is 1. The quantitative estimate of drug-likeness (QED) is 0.744. The first-order valence-corrected chi connectivity index (χ1v) is 13.6. The summed E-state index contributed by atoms with van der Waals surface area (Å²) < 4.78 is 12.3. The minimum Gasteiger partial charge on any atom is -0.370 e. The highest BCUT2D eigenvalue weighted by Crippen LogP contribution is 2.33. The number of nitrogens with zero attached hydrogens (tertiary/aromatic N) is 3. The molecule has 3 heterocycles. The maximum atomic E-state index is 12.3. The van der Waals surface area contributed by atoms with E-state index in [1.54, 1.807) is 0 Å². The van der Waals surface area contributed by atoms with E-state index in [0.717, 1.165) is 39.0 Å². The average Bonchev–Trinajstić information content (AvgIpc) is 2.78. The zero-order valence-electron chi connectivity index (χ0n) is 18.6. The summed E-state index contributed by atoms with van der Waals surface area (Å²) in [6, 6.07) is 11.8. The molecule has 1 fully saturated rings. The first-order valence-electron chi connectivity index (χ1n) is 11.6. The predicted octanol–water partition coefficient (Wildman–Crippen LogP) is 2.64. The molecule has 1 aliphatic carbocycles. The number of pyridine rings is 1. The Labute approximate surface area is 186 Å². The molecule has 2 aromatic rings. The number of aryl methyl sites for hydroxylation is 1. The van der Waals surface area contributed by atoms with Crippen molar-refractivity contribution in [2.45, 2.75) is 44.3 Å². The van der Waals surface area contributed by atoms with E-state index in [-0.39, 0.29) is 0 Å².